The Bertz CT molecular complexity index is 846. The number of carbonyl (C=O) groups is 2. The highest BCUT2D eigenvalue weighted by molar-refractivity contribution is 7.99. The highest BCUT2D eigenvalue weighted by atomic mass is 35.5. The van der Waals surface area contributed by atoms with E-state index in [1.807, 2.05) is 51.1 Å². The third kappa shape index (κ3) is 7.53. The molecule has 0 radical (unpaired) electrons. The van der Waals surface area contributed by atoms with Gasteiger partial charge in [0.15, 0.2) is 0 Å². The van der Waals surface area contributed by atoms with Crippen molar-refractivity contribution in [3.05, 3.63) is 69.7 Å². The van der Waals surface area contributed by atoms with Gasteiger partial charge in [-0.05, 0) is 43.5 Å². The van der Waals surface area contributed by atoms with Crippen molar-refractivity contribution in [2.45, 2.75) is 51.6 Å². The summed E-state index contributed by atoms with van der Waals surface area (Å²) in [6.45, 7) is 5.97. The normalized spacial score (nSPS) is 11.9. The van der Waals surface area contributed by atoms with E-state index in [0.717, 1.165) is 16.9 Å². The van der Waals surface area contributed by atoms with Crippen molar-refractivity contribution in [1.82, 2.24) is 10.2 Å². The lowest BCUT2D eigenvalue weighted by Crippen LogP contribution is -2.51. The Morgan fingerprint density at radius 3 is 2.40 bits per heavy atom. The zero-order valence-electron chi connectivity index (χ0n) is 17.5. The van der Waals surface area contributed by atoms with Gasteiger partial charge in [-0.1, -0.05) is 66.5 Å². The van der Waals surface area contributed by atoms with Crippen LogP contribution in [0.1, 0.15) is 38.3 Å². The quantitative estimate of drug-likeness (QED) is 0.498. The predicted molar refractivity (Wildman–Crippen MR) is 127 cm³/mol. The zero-order valence-corrected chi connectivity index (χ0v) is 19.9. The maximum absolute atomic E-state index is 13.2. The number of benzene rings is 2. The molecule has 2 aromatic carbocycles. The van der Waals surface area contributed by atoms with Crippen molar-refractivity contribution in [1.29, 1.82) is 0 Å². The van der Waals surface area contributed by atoms with Gasteiger partial charge in [-0.2, -0.15) is 0 Å². The highest BCUT2D eigenvalue weighted by Gasteiger charge is 2.29. The Kier molecular flexibility index (Phi) is 10.0. The minimum atomic E-state index is -0.566. The summed E-state index contributed by atoms with van der Waals surface area (Å²) in [5, 5.41) is 3.94. The SMILES string of the molecule is CC[C@@H](C(=O)NC(C)C)N(Cc1ccc(Cl)cc1Cl)C(=O)CSCc1ccccc1. The fraction of sp³-hybridized carbons (Fsp3) is 0.391. The van der Waals surface area contributed by atoms with Gasteiger partial charge in [0.05, 0.1) is 5.75 Å². The molecule has 1 N–H and O–H groups in total. The molecular formula is C23H28Cl2N2O2S. The molecule has 162 valence electrons. The van der Waals surface area contributed by atoms with E-state index in [2.05, 4.69) is 5.32 Å². The second-order valence-electron chi connectivity index (χ2n) is 7.32. The van der Waals surface area contributed by atoms with Crippen LogP contribution in [0.3, 0.4) is 0 Å². The smallest absolute Gasteiger partial charge is 0.243 e. The number of nitrogens with zero attached hydrogens (tertiary/aromatic N) is 1. The molecular weight excluding hydrogens is 439 g/mol. The van der Waals surface area contributed by atoms with Gasteiger partial charge in [0.25, 0.3) is 0 Å². The Morgan fingerprint density at radius 2 is 1.80 bits per heavy atom. The number of hydrogen-bond donors (Lipinski definition) is 1. The van der Waals surface area contributed by atoms with E-state index < -0.39 is 6.04 Å². The third-order valence-electron chi connectivity index (χ3n) is 4.51. The molecule has 0 saturated heterocycles. The molecule has 1 atom stereocenters. The Morgan fingerprint density at radius 1 is 1.10 bits per heavy atom. The number of thioether (sulfide) groups is 1. The van der Waals surface area contributed by atoms with Crippen LogP contribution in [-0.4, -0.2) is 34.6 Å². The van der Waals surface area contributed by atoms with Crippen LogP contribution in [-0.2, 0) is 21.9 Å². The highest BCUT2D eigenvalue weighted by Crippen LogP contribution is 2.24. The van der Waals surface area contributed by atoms with E-state index in [9.17, 15) is 9.59 Å². The summed E-state index contributed by atoms with van der Waals surface area (Å²) < 4.78 is 0. The standard InChI is InChI=1S/C23H28Cl2N2O2S/c1-4-21(23(29)26-16(2)3)27(13-18-10-11-19(24)12-20(18)25)22(28)15-30-14-17-8-6-5-7-9-17/h5-12,16,21H,4,13-15H2,1-3H3,(H,26,29)/t21-/m0/s1. The van der Waals surface area contributed by atoms with E-state index in [1.165, 1.54) is 11.8 Å². The Balaban J connectivity index is 2.17. The molecule has 30 heavy (non-hydrogen) atoms. The zero-order chi connectivity index (χ0) is 22.1. The summed E-state index contributed by atoms with van der Waals surface area (Å²) >= 11 is 13.9. The molecule has 0 bridgehead atoms. The maximum Gasteiger partial charge on any atom is 0.243 e. The second-order valence-corrected chi connectivity index (χ2v) is 9.15. The number of halogens is 2. The van der Waals surface area contributed by atoms with Crippen LogP contribution < -0.4 is 5.32 Å². The van der Waals surface area contributed by atoms with E-state index in [1.54, 1.807) is 23.1 Å². The van der Waals surface area contributed by atoms with Crippen LogP contribution in [0.5, 0.6) is 0 Å². The van der Waals surface area contributed by atoms with Crippen molar-refractivity contribution < 1.29 is 9.59 Å². The lowest BCUT2D eigenvalue weighted by atomic mass is 10.1. The first kappa shape index (κ1) is 24.6. The molecule has 0 aromatic heterocycles. The maximum atomic E-state index is 13.2. The van der Waals surface area contributed by atoms with Crippen LogP contribution >= 0.6 is 35.0 Å². The van der Waals surface area contributed by atoms with Crippen LogP contribution in [0, 0.1) is 0 Å². The van der Waals surface area contributed by atoms with Crippen molar-refractivity contribution in [3.8, 4) is 0 Å². The second kappa shape index (κ2) is 12.2. The van der Waals surface area contributed by atoms with Gasteiger partial charge in [0.1, 0.15) is 6.04 Å². The number of nitrogens with one attached hydrogen (secondary N) is 1. The van der Waals surface area contributed by atoms with Gasteiger partial charge in [-0.3, -0.25) is 9.59 Å². The molecule has 7 heteroatoms. The Hall–Kier alpha value is -1.69. The van der Waals surface area contributed by atoms with Crippen molar-refractivity contribution in [2.75, 3.05) is 5.75 Å². The molecule has 0 saturated carbocycles. The topological polar surface area (TPSA) is 49.4 Å². The average Bonchev–Trinajstić information content (AvgIpc) is 2.69. The summed E-state index contributed by atoms with van der Waals surface area (Å²) in [5.41, 5.74) is 1.92. The largest absolute Gasteiger partial charge is 0.352 e. The number of hydrogen-bond acceptors (Lipinski definition) is 3. The van der Waals surface area contributed by atoms with Gasteiger partial charge in [-0.25, -0.2) is 0 Å². The fourth-order valence-corrected chi connectivity index (χ4v) is 4.39. The molecule has 4 nitrogen and oxygen atoms in total. The van der Waals surface area contributed by atoms with Crippen LogP contribution in [0.25, 0.3) is 0 Å². The molecule has 2 aromatic rings. The van der Waals surface area contributed by atoms with Gasteiger partial charge in [-0.15, -0.1) is 11.8 Å². The van der Waals surface area contributed by atoms with Gasteiger partial charge >= 0.3 is 0 Å². The minimum Gasteiger partial charge on any atom is -0.352 e. The van der Waals surface area contributed by atoms with E-state index >= 15 is 0 Å². The summed E-state index contributed by atoms with van der Waals surface area (Å²) in [6.07, 6.45) is 0.513. The van der Waals surface area contributed by atoms with Crippen molar-refractivity contribution in [3.63, 3.8) is 0 Å². The van der Waals surface area contributed by atoms with E-state index in [-0.39, 0.29) is 30.2 Å². The van der Waals surface area contributed by atoms with Gasteiger partial charge in [0.2, 0.25) is 11.8 Å². The van der Waals surface area contributed by atoms with E-state index in [4.69, 9.17) is 23.2 Å². The van der Waals surface area contributed by atoms with Crippen LogP contribution in [0.4, 0.5) is 0 Å². The van der Waals surface area contributed by atoms with Crippen molar-refractivity contribution >= 4 is 46.8 Å². The number of amides is 2. The first-order valence-corrected chi connectivity index (χ1v) is 11.9. The van der Waals surface area contributed by atoms with Gasteiger partial charge in [0, 0.05) is 28.4 Å². The lowest BCUT2D eigenvalue weighted by Gasteiger charge is -2.31. The first-order chi connectivity index (χ1) is 14.3. The predicted octanol–water partition coefficient (Wildman–Crippen LogP) is 5.56. The number of carbonyl (C=O) groups excluding carboxylic acids is 2. The van der Waals surface area contributed by atoms with E-state index in [0.29, 0.717) is 16.5 Å². The number of rotatable bonds is 10. The van der Waals surface area contributed by atoms with Gasteiger partial charge < -0.3 is 10.2 Å². The summed E-state index contributed by atoms with van der Waals surface area (Å²) in [7, 11) is 0. The monoisotopic (exact) mass is 466 g/mol. The molecule has 0 aliphatic carbocycles. The van der Waals surface area contributed by atoms with Crippen molar-refractivity contribution in [2.24, 2.45) is 0 Å². The van der Waals surface area contributed by atoms with Crippen LogP contribution in [0.2, 0.25) is 10.0 Å². The minimum absolute atomic E-state index is 0.00456. The molecule has 0 aliphatic heterocycles. The summed E-state index contributed by atoms with van der Waals surface area (Å²) in [4.78, 5) is 27.6. The lowest BCUT2D eigenvalue weighted by molar-refractivity contribution is -0.139. The molecule has 0 fully saturated rings. The average molecular weight is 467 g/mol. The summed E-state index contributed by atoms with van der Waals surface area (Å²) in [5.74, 6) is 0.773. The molecule has 0 aliphatic rings. The molecule has 2 amide bonds. The first-order valence-electron chi connectivity index (χ1n) is 9.97. The molecule has 0 spiro atoms. The Labute approximate surface area is 193 Å². The molecule has 0 unspecified atom stereocenters. The molecule has 2 rings (SSSR count). The third-order valence-corrected chi connectivity index (χ3v) is 6.09. The fourth-order valence-electron chi connectivity index (χ4n) is 3.05. The van der Waals surface area contributed by atoms with Crippen LogP contribution in [0.15, 0.2) is 48.5 Å². The molecule has 0 heterocycles. The summed E-state index contributed by atoms with van der Waals surface area (Å²) in [6, 6.07) is 14.6.